The molecule has 1 aromatic carbocycles. The average Bonchev–Trinajstić information content (AvgIpc) is 2.73. The highest BCUT2D eigenvalue weighted by molar-refractivity contribution is 5.94. The second-order valence-electron chi connectivity index (χ2n) is 7.23. The van der Waals surface area contributed by atoms with Crippen LogP contribution in [0.3, 0.4) is 0 Å². The number of amides is 1. The largest absolute Gasteiger partial charge is 0.385 e. The number of rotatable bonds is 7. The van der Waals surface area contributed by atoms with E-state index in [1.807, 2.05) is 12.3 Å². The molecule has 0 aliphatic carbocycles. The first-order chi connectivity index (χ1) is 13.6. The van der Waals surface area contributed by atoms with Crippen molar-refractivity contribution in [2.45, 2.75) is 20.3 Å². The SMILES string of the molecule is COCCCNC(=O)c1cncc(N2CCN(c3cccc(C)c3C)CC2)c1. The van der Waals surface area contributed by atoms with E-state index >= 15 is 0 Å². The fraction of sp³-hybridized carbons (Fsp3) is 0.455. The van der Waals surface area contributed by atoms with Gasteiger partial charge in [-0.2, -0.15) is 0 Å². The number of hydrogen-bond donors (Lipinski definition) is 1. The Kier molecular flexibility index (Phi) is 6.87. The van der Waals surface area contributed by atoms with Gasteiger partial charge in [-0.05, 0) is 43.5 Å². The molecule has 0 spiro atoms. The Balaban J connectivity index is 1.60. The molecule has 150 valence electrons. The number of aryl methyl sites for hydroxylation is 1. The monoisotopic (exact) mass is 382 g/mol. The van der Waals surface area contributed by atoms with Crippen LogP contribution in [0.2, 0.25) is 0 Å². The maximum absolute atomic E-state index is 12.3. The van der Waals surface area contributed by atoms with E-state index in [2.05, 4.69) is 52.1 Å². The molecule has 28 heavy (non-hydrogen) atoms. The van der Waals surface area contributed by atoms with Gasteiger partial charge in [-0.3, -0.25) is 9.78 Å². The van der Waals surface area contributed by atoms with E-state index in [4.69, 9.17) is 4.74 Å². The third kappa shape index (κ3) is 4.81. The Hall–Kier alpha value is -2.60. The van der Waals surface area contributed by atoms with Crippen LogP contribution in [-0.4, -0.2) is 57.3 Å². The summed E-state index contributed by atoms with van der Waals surface area (Å²) < 4.78 is 5.01. The minimum atomic E-state index is -0.0838. The molecule has 1 aromatic heterocycles. The fourth-order valence-corrected chi connectivity index (χ4v) is 3.53. The summed E-state index contributed by atoms with van der Waals surface area (Å²) in [6.45, 7) is 9.33. The van der Waals surface area contributed by atoms with E-state index in [1.165, 1.54) is 16.8 Å². The summed E-state index contributed by atoms with van der Waals surface area (Å²) in [5.74, 6) is -0.0838. The second kappa shape index (κ2) is 9.55. The van der Waals surface area contributed by atoms with E-state index in [1.54, 1.807) is 13.3 Å². The first-order valence-electron chi connectivity index (χ1n) is 9.88. The maximum Gasteiger partial charge on any atom is 0.252 e. The molecule has 3 rings (SSSR count). The van der Waals surface area contributed by atoms with Gasteiger partial charge in [0, 0.05) is 58.3 Å². The van der Waals surface area contributed by atoms with Crippen LogP contribution in [0.4, 0.5) is 11.4 Å². The van der Waals surface area contributed by atoms with Crippen molar-refractivity contribution in [3.8, 4) is 0 Å². The number of benzene rings is 1. The first kappa shape index (κ1) is 20.1. The lowest BCUT2D eigenvalue weighted by Gasteiger charge is -2.38. The van der Waals surface area contributed by atoms with Gasteiger partial charge in [0.05, 0.1) is 17.4 Å². The van der Waals surface area contributed by atoms with Gasteiger partial charge in [-0.25, -0.2) is 0 Å². The van der Waals surface area contributed by atoms with Gasteiger partial charge in [0.15, 0.2) is 0 Å². The molecule has 0 unspecified atom stereocenters. The summed E-state index contributed by atoms with van der Waals surface area (Å²) in [6, 6.07) is 8.43. The number of ether oxygens (including phenoxy) is 1. The standard InChI is InChI=1S/C22H30N4O2/c1-17-6-4-7-21(18(17)2)26-11-9-25(10-12-26)20-14-19(15-23-16-20)22(27)24-8-5-13-28-3/h4,6-7,14-16H,5,8-13H2,1-3H3,(H,24,27). The summed E-state index contributed by atoms with van der Waals surface area (Å²) in [7, 11) is 1.66. The van der Waals surface area contributed by atoms with Crippen molar-refractivity contribution in [1.82, 2.24) is 10.3 Å². The van der Waals surface area contributed by atoms with Gasteiger partial charge in [-0.15, -0.1) is 0 Å². The molecular weight excluding hydrogens is 352 g/mol. The van der Waals surface area contributed by atoms with Crippen LogP contribution in [0.5, 0.6) is 0 Å². The molecular formula is C22H30N4O2. The van der Waals surface area contributed by atoms with Gasteiger partial charge in [0.25, 0.3) is 5.91 Å². The highest BCUT2D eigenvalue weighted by Gasteiger charge is 2.20. The van der Waals surface area contributed by atoms with Crippen molar-refractivity contribution < 1.29 is 9.53 Å². The molecule has 0 atom stereocenters. The van der Waals surface area contributed by atoms with E-state index in [0.717, 1.165) is 38.3 Å². The highest BCUT2D eigenvalue weighted by atomic mass is 16.5. The zero-order valence-corrected chi connectivity index (χ0v) is 17.1. The van der Waals surface area contributed by atoms with Gasteiger partial charge in [0.1, 0.15) is 0 Å². The third-order valence-electron chi connectivity index (χ3n) is 5.36. The normalized spacial score (nSPS) is 14.2. The van der Waals surface area contributed by atoms with Crippen LogP contribution < -0.4 is 15.1 Å². The Morgan fingerprint density at radius 2 is 1.89 bits per heavy atom. The number of nitrogens with zero attached hydrogens (tertiary/aromatic N) is 3. The smallest absolute Gasteiger partial charge is 0.252 e. The Morgan fingerprint density at radius 1 is 1.14 bits per heavy atom. The van der Waals surface area contributed by atoms with Gasteiger partial charge in [-0.1, -0.05) is 12.1 Å². The molecule has 6 nitrogen and oxygen atoms in total. The lowest BCUT2D eigenvalue weighted by molar-refractivity contribution is 0.0948. The Labute approximate surface area is 167 Å². The summed E-state index contributed by atoms with van der Waals surface area (Å²) >= 11 is 0. The number of aromatic nitrogens is 1. The third-order valence-corrected chi connectivity index (χ3v) is 5.36. The lowest BCUT2D eigenvalue weighted by Crippen LogP contribution is -2.46. The zero-order chi connectivity index (χ0) is 19.9. The van der Waals surface area contributed by atoms with Crippen LogP contribution in [0.1, 0.15) is 27.9 Å². The molecule has 1 amide bonds. The molecule has 6 heteroatoms. The van der Waals surface area contributed by atoms with E-state index in [0.29, 0.717) is 18.7 Å². The van der Waals surface area contributed by atoms with Gasteiger partial charge < -0.3 is 19.9 Å². The van der Waals surface area contributed by atoms with Crippen molar-refractivity contribution in [3.63, 3.8) is 0 Å². The molecule has 0 radical (unpaired) electrons. The van der Waals surface area contributed by atoms with Crippen molar-refractivity contribution in [1.29, 1.82) is 0 Å². The quantitative estimate of drug-likeness (QED) is 0.747. The van der Waals surface area contributed by atoms with Gasteiger partial charge in [0.2, 0.25) is 0 Å². The predicted molar refractivity (Wildman–Crippen MR) is 113 cm³/mol. The molecule has 0 bridgehead atoms. The highest BCUT2D eigenvalue weighted by Crippen LogP contribution is 2.25. The Bertz CT molecular complexity index is 801. The fourth-order valence-electron chi connectivity index (χ4n) is 3.53. The van der Waals surface area contributed by atoms with Crippen molar-refractivity contribution in [3.05, 3.63) is 53.3 Å². The molecule has 1 saturated heterocycles. The number of pyridine rings is 1. The number of methoxy groups -OCH3 is 1. The Morgan fingerprint density at radius 3 is 2.64 bits per heavy atom. The molecule has 1 aliphatic heterocycles. The minimum absolute atomic E-state index is 0.0838. The molecule has 1 N–H and O–H groups in total. The lowest BCUT2D eigenvalue weighted by atomic mass is 10.1. The van der Waals surface area contributed by atoms with Crippen LogP contribution in [0.15, 0.2) is 36.7 Å². The van der Waals surface area contributed by atoms with E-state index < -0.39 is 0 Å². The van der Waals surface area contributed by atoms with Crippen molar-refractivity contribution >= 4 is 17.3 Å². The minimum Gasteiger partial charge on any atom is -0.385 e. The number of piperazine rings is 1. The van der Waals surface area contributed by atoms with E-state index in [9.17, 15) is 4.79 Å². The first-order valence-corrected chi connectivity index (χ1v) is 9.88. The second-order valence-corrected chi connectivity index (χ2v) is 7.23. The maximum atomic E-state index is 12.3. The van der Waals surface area contributed by atoms with E-state index in [-0.39, 0.29) is 5.91 Å². The molecule has 0 saturated carbocycles. The summed E-state index contributed by atoms with van der Waals surface area (Å²) in [5.41, 5.74) is 5.61. The van der Waals surface area contributed by atoms with Crippen LogP contribution in [0, 0.1) is 13.8 Å². The number of anilines is 2. The van der Waals surface area contributed by atoms with Crippen LogP contribution >= 0.6 is 0 Å². The summed E-state index contributed by atoms with van der Waals surface area (Å²) in [4.78, 5) is 21.4. The average molecular weight is 383 g/mol. The van der Waals surface area contributed by atoms with Gasteiger partial charge >= 0.3 is 0 Å². The summed E-state index contributed by atoms with van der Waals surface area (Å²) in [5, 5.41) is 2.92. The number of carbonyl (C=O) groups is 1. The molecule has 1 aliphatic rings. The van der Waals surface area contributed by atoms with Crippen LogP contribution in [-0.2, 0) is 4.74 Å². The predicted octanol–water partition coefficient (Wildman–Crippen LogP) is 2.79. The topological polar surface area (TPSA) is 57.7 Å². The number of hydrogen-bond acceptors (Lipinski definition) is 5. The van der Waals surface area contributed by atoms with Crippen LogP contribution in [0.25, 0.3) is 0 Å². The van der Waals surface area contributed by atoms with Crippen molar-refractivity contribution in [2.24, 2.45) is 0 Å². The number of carbonyl (C=O) groups excluding carboxylic acids is 1. The molecule has 2 heterocycles. The van der Waals surface area contributed by atoms with Crippen molar-refractivity contribution in [2.75, 3.05) is 56.2 Å². The zero-order valence-electron chi connectivity index (χ0n) is 17.1. The summed E-state index contributed by atoms with van der Waals surface area (Å²) in [6.07, 6.45) is 4.27. The molecule has 1 fully saturated rings. The number of nitrogens with one attached hydrogen (secondary N) is 1. The molecule has 2 aromatic rings.